The minimum Gasteiger partial charge on any atom is -0.464 e. The molecule has 0 aromatic carbocycles. The minimum atomic E-state index is -0.988. The molecule has 0 saturated carbocycles. The highest BCUT2D eigenvalue weighted by atomic mass is 16.6. The molecule has 3 rings (SSSR count). The van der Waals surface area contributed by atoms with Gasteiger partial charge >= 0.3 is 11.9 Å². The molecule has 8 nitrogen and oxygen atoms in total. The first kappa shape index (κ1) is 25.9. The summed E-state index contributed by atoms with van der Waals surface area (Å²) < 4.78 is 18.5. The van der Waals surface area contributed by atoms with Crippen LogP contribution in [0.15, 0.2) is 12.1 Å². The van der Waals surface area contributed by atoms with Gasteiger partial charge in [0.05, 0.1) is 24.5 Å². The quantitative estimate of drug-likeness (QED) is 0.511. The molecular formula is C26H37N3O5. The predicted molar refractivity (Wildman–Crippen MR) is 130 cm³/mol. The Bertz CT molecular complexity index is 1110. The molecule has 8 heteroatoms. The lowest BCUT2D eigenvalue weighted by Crippen LogP contribution is -2.31. The summed E-state index contributed by atoms with van der Waals surface area (Å²) in [6.45, 7) is 16.0. The van der Waals surface area contributed by atoms with Crippen LogP contribution in [0.2, 0.25) is 0 Å². The maximum Gasteiger partial charge on any atom is 0.358 e. The van der Waals surface area contributed by atoms with Crippen molar-refractivity contribution >= 4 is 23.2 Å². The van der Waals surface area contributed by atoms with Gasteiger partial charge in [0, 0.05) is 17.3 Å². The number of aryl methyl sites for hydroxylation is 1. The first-order valence-corrected chi connectivity index (χ1v) is 12.0. The summed E-state index contributed by atoms with van der Waals surface area (Å²) in [6, 6.07) is 1.62. The second kappa shape index (κ2) is 9.86. The van der Waals surface area contributed by atoms with Crippen molar-refractivity contribution in [1.82, 2.24) is 14.6 Å². The molecule has 2 aromatic heterocycles. The molecule has 0 radical (unpaired) electrons. The molecule has 186 valence electrons. The van der Waals surface area contributed by atoms with Gasteiger partial charge in [0.1, 0.15) is 0 Å². The van der Waals surface area contributed by atoms with Gasteiger partial charge in [-0.25, -0.2) is 19.1 Å². The lowest BCUT2D eigenvalue weighted by Gasteiger charge is -2.32. The van der Waals surface area contributed by atoms with Gasteiger partial charge in [-0.1, -0.05) is 19.9 Å². The van der Waals surface area contributed by atoms with Crippen molar-refractivity contribution in [2.24, 2.45) is 5.41 Å². The number of aromatic nitrogens is 3. The molecule has 0 N–H and O–H groups in total. The molecule has 0 spiro atoms. The van der Waals surface area contributed by atoms with Gasteiger partial charge in [0.2, 0.25) is 0 Å². The summed E-state index contributed by atoms with van der Waals surface area (Å²) >= 11 is 0. The average molecular weight is 472 g/mol. The standard InChI is InChI=1S/C26H37N3O5/c1-9-32-23(30)18-15-19-27-16(3)20(22(24(31)33-10-2)34-25(4,5)6)21(29(19)28-18)17-11-13-26(7,8)14-12-17/h11,15,22H,9-10,12-14H2,1-8H3. The Hall–Kier alpha value is -2.74. The van der Waals surface area contributed by atoms with E-state index in [1.165, 1.54) is 0 Å². The van der Waals surface area contributed by atoms with Crippen LogP contribution in [-0.2, 0) is 19.0 Å². The molecule has 2 aromatic rings. The first-order valence-electron chi connectivity index (χ1n) is 12.0. The van der Waals surface area contributed by atoms with Crippen LogP contribution >= 0.6 is 0 Å². The fourth-order valence-corrected chi connectivity index (χ4v) is 4.15. The summed E-state index contributed by atoms with van der Waals surface area (Å²) in [6.07, 6.45) is 3.89. The molecular weight excluding hydrogens is 434 g/mol. The molecule has 1 aliphatic carbocycles. The second-order valence-electron chi connectivity index (χ2n) is 10.4. The Kier molecular flexibility index (Phi) is 7.50. The Morgan fingerprint density at radius 3 is 2.41 bits per heavy atom. The number of fused-ring (bicyclic) bond motifs is 1. The van der Waals surface area contributed by atoms with E-state index in [0.717, 1.165) is 30.5 Å². The van der Waals surface area contributed by atoms with E-state index >= 15 is 0 Å². The third-order valence-electron chi connectivity index (χ3n) is 5.82. The van der Waals surface area contributed by atoms with Crippen LogP contribution in [0, 0.1) is 12.3 Å². The van der Waals surface area contributed by atoms with Gasteiger partial charge in [-0.2, -0.15) is 5.10 Å². The number of ether oxygens (including phenoxy) is 3. The normalized spacial score (nSPS) is 16.8. The SMILES string of the molecule is CCOC(=O)c1cc2nc(C)c(C(OC(C)(C)C)C(=O)OCC)c(C3=CCC(C)(C)CC3)n2n1. The Morgan fingerprint density at radius 1 is 1.18 bits per heavy atom. The Morgan fingerprint density at radius 2 is 1.85 bits per heavy atom. The van der Waals surface area contributed by atoms with E-state index < -0.39 is 23.6 Å². The van der Waals surface area contributed by atoms with E-state index in [0.29, 0.717) is 16.9 Å². The third kappa shape index (κ3) is 5.66. The van der Waals surface area contributed by atoms with Crippen LogP contribution in [0.25, 0.3) is 11.2 Å². The lowest BCUT2D eigenvalue weighted by molar-refractivity contribution is -0.167. The smallest absolute Gasteiger partial charge is 0.358 e. The van der Waals surface area contributed by atoms with Crippen LogP contribution in [0.3, 0.4) is 0 Å². The molecule has 2 heterocycles. The molecule has 0 saturated heterocycles. The molecule has 0 aliphatic heterocycles. The number of hydrogen-bond acceptors (Lipinski definition) is 7. The number of hydrogen-bond donors (Lipinski definition) is 0. The summed E-state index contributed by atoms with van der Waals surface area (Å²) in [7, 11) is 0. The Balaban J connectivity index is 2.30. The van der Waals surface area contributed by atoms with Crippen molar-refractivity contribution < 1.29 is 23.8 Å². The highest BCUT2D eigenvalue weighted by Crippen LogP contribution is 2.41. The van der Waals surface area contributed by atoms with Crippen LogP contribution in [0.5, 0.6) is 0 Å². The molecule has 1 aliphatic rings. The average Bonchev–Trinajstić information content (AvgIpc) is 3.15. The number of carbonyl (C=O) groups excluding carboxylic acids is 2. The third-order valence-corrected chi connectivity index (χ3v) is 5.82. The molecule has 0 amide bonds. The van der Waals surface area contributed by atoms with Gasteiger partial charge in [-0.05, 0) is 71.8 Å². The van der Waals surface area contributed by atoms with Crippen LogP contribution in [-0.4, -0.2) is 45.4 Å². The fourth-order valence-electron chi connectivity index (χ4n) is 4.15. The zero-order valence-corrected chi connectivity index (χ0v) is 21.7. The first-order chi connectivity index (χ1) is 15.9. The fraction of sp³-hybridized carbons (Fsp3) is 0.615. The number of nitrogens with zero attached hydrogens (tertiary/aromatic N) is 3. The molecule has 0 fully saturated rings. The largest absolute Gasteiger partial charge is 0.464 e. The van der Waals surface area contributed by atoms with Crippen LogP contribution in [0.1, 0.15) is 101 Å². The van der Waals surface area contributed by atoms with Crippen LogP contribution in [0.4, 0.5) is 0 Å². The van der Waals surface area contributed by atoms with Crippen molar-refractivity contribution in [3.8, 4) is 0 Å². The van der Waals surface area contributed by atoms with E-state index in [-0.39, 0.29) is 24.3 Å². The van der Waals surface area contributed by atoms with Crippen molar-refractivity contribution in [1.29, 1.82) is 0 Å². The zero-order valence-electron chi connectivity index (χ0n) is 21.7. The van der Waals surface area contributed by atoms with Gasteiger partial charge < -0.3 is 14.2 Å². The van der Waals surface area contributed by atoms with Crippen molar-refractivity contribution in [2.45, 2.75) is 86.4 Å². The van der Waals surface area contributed by atoms with E-state index in [1.54, 1.807) is 24.4 Å². The van der Waals surface area contributed by atoms with Gasteiger partial charge in [0.15, 0.2) is 17.4 Å². The number of esters is 2. The van der Waals surface area contributed by atoms with Gasteiger partial charge in [-0.3, -0.25) is 0 Å². The molecule has 1 unspecified atom stereocenters. The summed E-state index contributed by atoms with van der Waals surface area (Å²) in [5.41, 5.74) is 3.30. The van der Waals surface area contributed by atoms with Gasteiger partial charge in [-0.15, -0.1) is 0 Å². The van der Waals surface area contributed by atoms with Crippen molar-refractivity contribution in [3.63, 3.8) is 0 Å². The van der Waals surface area contributed by atoms with E-state index in [1.807, 2.05) is 27.7 Å². The summed E-state index contributed by atoms with van der Waals surface area (Å²) in [5, 5.41) is 4.56. The lowest BCUT2D eigenvalue weighted by atomic mass is 9.77. The molecule has 34 heavy (non-hydrogen) atoms. The highest BCUT2D eigenvalue weighted by Gasteiger charge is 2.36. The Labute approximate surface area is 201 Å². The van der Waals surface area contributed by atoms with Gasteiger partial charge in [0.25, 0.3) is 0 Å². The predicted octanol–water partition coefficient (Wildman–Crippen LogP) is 5.23. The summed E-state index contributed by atoms with van der Waals surface area (Å²) in [5.74, 6) is -0.984. The minimum absolute atomic E-state index is 0.174. The zero-order chi connectivity index (χ0) is 25.3. The summed E-state index contributed by atoms with van der Waals surface area (Å²) in [4.78, 5) is 30.3. The van der Waals surface area contributed by atoms with E-state index in [2.05, 4.69) is 25.0 Å². The van der Waals surface area contributed by atoms with Crippen molar-refractivity contribution in [2.75, 3.05) is 13.2 Å². The number of rotatable bonds is 7. The molecule has 1 atom stereocenters. The number of allylic oxidation sites excluding steroid dienone is 2. The van der Waals surface area contributed by atoms with E-state index in [9.17, 15) is 9.59 Å². The topological polar surface area (TPSA) is 92.0 Å². The van der Waals surface area contributed by atoms with Crippen molar-refractivity contribution in [3.05, 3.63) is 34.8 Å². The van der Waals surface area contributed by atoms with Crippen LogP contribution < -0.4 is 0 Å². The maximum atomic E-state index is 13.1. The number of carbonyl (C=O) groups is 2. The maximum absolute atomic E-state index is 13.1. The highest BCUT2D eigenvalue weighted by molar-refractivity contribution is 5.89. The van der Waals surface area contributed by atoms with E-state index in [4.69, 9.17) is 19.2 Å². The monoisotopic (exact) mass is 471 g/mol. The second-order valence-corrected chi connectivity index (χ2v) is 10.4. The molecule has 0 bridgehead atoms.